The predicted octanol–water partition coefficient (Wildman–Crippen LogP) is 2.91. The van der Waals surface area contributed by atoms with Gasteiger partial charge in [0.2, 0.25) is 0 Å². The highest BCUT2D eigenvalue weighted by Crippen LogP contribution is 2.28. The number of hydrogen-bond acceptors (Lipinski definition) is 6. The molecule has 2 aromatic rings. The first-order chi connectivity index (χ1) is 9.91. The lowest BCUT2D eigenvalue weighted by molar-refractivity contribution is 0.102. The molecule has 8 heteroatoms. The quantitative estimate of drug-likeness (QED) is 0.846. The topological polar surface area (TPSA) is 76.1 Å². The minimum Gasteiger partial charge on any atom is -0.312 e. The Hall–Kier alpha value is -1.38. The molecule has 0 aliphatic heterocycles. The zero-order chi connectivity index (χ0) is 15.5. The van der Waals surface area contributed by atoms with Crippen LogP contribution in [0.25, 0.3) is 0 Å². The van der Waals surface area contributed by atoms with Gasteiger partial charge in [-0.2, -0.15) is 0 Å². The first-order valence-electron chi connectivity index (χ1n) is 6.09. The lowest BCUT2D eigenvalue weighted by Gasteiger charge is -2.05. The molecule has 2 heterocycles. The van der Waals surface area contributed by atoms with E-state index in [1.54, 1.807) is 29.3 Å². The van der Waals surface area contributed by atoms with Crippen LogP contribution in [0, 0.1) is 0 Å². The number of aromatic nitrogens is 1. The molecule has 1 N–H and O–H groups in total. The summed E-state index contributed by atoms with van der Waals surface area (Å²) in [5.74, 6) is 0.536. The van der Waals surface area contributed by atoms with Gasteiger partial charge in [-0.3, -0.25) is 4.79 Å². The number of hydrogen-bond donors (Lipinski definition) is 1. The fourth-order valence-electron chi connectivity index (χ4n) is 1.60. The third-order valence-corrected chi connectivity index (χ3v) is 5.47. The molecule has 5 nitrogen and oxygen atoms in total. The van der Waals surface area contributed by atoms with E-state index in [-0.39, 0.29) is 10.8 Å². The molecule has 112 valence electrons. The van der Waals surface area contributed by atoms with Crippen LogP contribution in [0.2, 0.25) is 0 Å². The molecule has 0 bridgehead atoms. The minimum absolute atomic E-state index is 0.131. The second kappa shape index (κ2) is 6.59. The molecule has 0 spiro atoms. The standard InChI is InChI=1S/C13H14N2O3S3/c1-3-19-11-5-4-9(8-14-11)12(16)15-13-10(6-7-20-13)21(2,17)18/h4-8H,3H2,1-2H3,(H,15,16). The van der Waals surface area contributed by atoms with E-state index in [4.69, 9.17) is 0 Å². The summed E-state index contributed by atoms with van der Waals surface area (Å²) in [6, 6.07) is 4.93. The van der Waals surface area contributed by atoms with Crippen molar-refractivity contribution in [2.45, 2.75) is 16.8 Å². The molecule has 0 saturated carbocycles. The van der Waals surface area contributed by atoms with E-state index in [0.29, 0.717) is 10.6 Å². The number of rotatable bonds is 5. The van der Waals surface area contributed by atoms with E-state index in [9.17, 15) is 13.2 Å². The van der Waals surface area contributed by atoms with Crippen LogP contribution < -0.4 is 5.32 Å². The van der Waals surface area contributed by atoms with Gasteiger partial charge in [0.15, 0.2) is 9.84 Å². The van der Waals surface area contributed by atoms with Crippen molar-refractivity contribution in [1.82, 2.24) is 4.98 Å². The number of carbonyl (C=O) groups is 1. The van der Waals surface area contributed by atoms with Crippen molar-refractivity contribution < 1.29 is 13.2 Å². The summed E-state index contributed by atoms with van der Waals surface area (Å²) in [4.78, 5) is 16.4. The largest absolute Gasteiger partial charge is 0.312 e. The van der Waals surface area contributed by atoms with Crippen molar-refractivity contribution in [1.29, 1.82) is 0 Å². The normalized spacial score (nSPS) is 11.3. The fraction of sp³-hybridized carbons (Fsp3) is 0.231. The number of nitrogens with one attached hydrogen (secondary N) is 1. The van der Waals surface area contributed by atoms with Crippen LogP contribution in [0.5, 0.6) is 0 Å². The second-order valence-electron chi connectivity index (χ2n) is 4.16. The molecule has 21 heavy (non-hydrogen) atoms. The second-order valence-corrected chi connectivity index (χ2v) is 8.34. The average Bonchev–Trinajstić information content (AvgIpc) is 2.88. The Morgan fingerprint density at radius 2 is 2.14 bits per heavy atom. The third kappa shape index (κ3) is 4.05. The van der Waals surface area contributed by atoms with Gasteiger partial charge in [-0.1, -0.05) is 6.92 Å². The Morgan fingerprint density at radius 3 is 2.71 bits per heavy atom. The summed E-state index contributed by atoms with van der Waals surface area (Å²) in [5.41, 5.74) is 0.392. The number of amides is 1. The highest BCUT2D eigenvalue weighted by Gasteiger charge is 2.17. The Kier molecular flexibility index (Phi) is 5.02. The zero-order valence-electron chi connectivity index (χ0n) is 11.5. The van der Waals surface area contributed by atoms with Crippen LogP contribution in [-0.2, 0) is 9.84 Å². The molecule has 0 saturated heterocycles. The summed E-state index contributed by atoms with van der Waals surface area (Å²) in [6.45, 7) is 2.02. The molecule has 0 atom stereocenters. The van der Waals surface area contributed by atoms with Crippen LogP contribution in [-0.4, -0.2) is 31.3 Å². The Balaban J connectivity index is 2.17. The molecular formula is C13H14N2O3S3. The van der Waals surface area contributed by atoms with Crippen molar-refractivity contribution in [3.63, 3.8) is 0 Å². The lowest BCUT2D eigenvalue weighted by atomic mass is 10.3. The van der Waals surface area contributed by atoms with Crippen LogP contribution >= 0.6 is 23.1 Å². The number of thiophene rings is 1. The van der Waals surface area contributed by atoms with Crippen molar-refractivity contribution in [2.75, 3.05) is 17.3 Å². The molecule has 0 radical (unpaired) electrons. The smallest absolute Gasteiger partial charge is 0.257 e. The number of pyridine rings is 1. The molecule has 0 aliphatic carbocycles. The van der Waals surface area contributed by atoms with E-state index in [2.05, 4.69) is 10.3 Å². The van der Waals surface area contributed by atoms with Gasteiger partial charge in [-0.15, -0.1) is 23.1 Å². The molecule has 0 fully saturated rings. The van der Waals surface area contributed by atoms with E-state index < -0.39 is 9.84 Å². The van der Waals surface area contributed by atoms with Crippen molar-refractivity contribution in [3.8, 4) is 0 Å². The van der Waals surface area contributed by atoms with Gasteiger partial charge < -0.3 is 5.32 Å². The first kappa shape index (κ1) is 16.0. The highest BCUT2D eigenvalue weighted by molar-refractivity contribution is 7.99. The van der Waals surface area contributed by atoms with E-state index in [1.807, 2.05) is 6.92 Å². The van der Waals surface area contributed by atoms with E-state index in [1.165, 1.54) is 23.6 Å². The number of thioether (sulfide) groups is 1. The number of nitrogens with zero attached hydrogens (tertiary/aromatic N) is 1. The summed E-state index contributed by atoms with van der Waals surface area (Å²) < 4.78 is 23.2. The van der Waals surface area contributed by atoms with Crippen LogP contribution in [0.15, 0.2) is 39.7 Å². The van der Waals surface area contributed by atoms with E-state index in [0.717, 1.165) is 17.0 Å². The van der Waals surface area contributed by atoms with Crippen molar-refractivity contribution in [2.24, 2.45) is 0 Å². The van der Waals surface area contributed by atoms with Gasteiger partial charge in [0.1, 0.15) is 9.90 Å². The molecule has 1 amide bonds. The Bertz CT molecular complexity index is 736. The SMILES string of the molecule is CCSc1ccc(C(=O)Nc2sccc2S(C)(=O)=O)cn1. The summed E-state index contributed by atoms with van der Waals surface area (Å²) in [6.07, 6.45) is 2.60. The monoisotopic (exact) mass is 342 g/mol. The van der Waals surface area contributed by atoms with Gasteiger partial charge in [-0.25, -0.2) is 13.4 Å². The molecule has 2 aromatic heterocycles. The van der Waals surface area contributed by atoms with Gasteiger partial charge in [0, 0.05) is 12.5 Å². The maximum Gasteiger partial charge on any atom is 0.257 e. The molecule has 2 rings (SSSR count). The Morgan fingerprint density at radius 1 is 1.38 bits per heavy atom. The van der Waals surface area contributed by atoms with Crippen LogP contribution in [0.3, 0.4) is 0 Å². The minimum atomic E-state index is -3.36. The average molecular weight is 342 g/mol. The number of anilines is 1. The van der Waals surface area contributed by atoms with E-state index >= 15 is 0 Å². The summed E-state index contributed by atoms with van der Waals surface area (Å²) >= 11 is 2.76. The molecule has 0 aliphatic rings. The van der Waals surface area contributed by atoms with Gasteiger partial charge in [0.05, 0.1) is 10.6 Å². The zero-order valence-corrected chi connectivity index (χ0v) is 13.9. The maximum atomic E-state index is 12.1. The summed E-state index contributed by atoms with van der Waals surface area (Å²) in [5, 5.41) is 5.43. The van der Waals surface area contributed by atoms with Crippen LogP contribution in [0.1, 0.15) is 17.3 Å². The Labute approximate surface area is 131 Å². The number of sulfone groups is 1. The van der Waals surface area contributed by atoms with Crippen molar-refractivity contribution >= 4 is 43.8 Å². The maximum absolute atomic E-state index is 12.1. The van der Waals surface area contributed by atoms with Crippen molar-refractivity contribution in [3.05, 3.63) is 35.3 Å². The summed E-state index contributed by atoms with van der Waals surface area (Å²) in [7, 11) is -3.36. The third-order valence-electron chi connectivity index (χ3n) is 2.55. The highest BCUT2D eigenvalue weighted by atomic mass is 32.2. The predicted molar refractivity (Wildman–Crippen MR) is 86.0 cm³/mol. The lowest BCUT2D eigenvalue weighted by Crippen LogP contribution is -2.13. The number of carbonyl (C=O) groups excluding carboxylic acids is 1. The first-order valence-corrected chi connectivity index (χ1v) is 9.85. The fourth-order valence-corrected chi connectivity index (χ4v) is 4.25. The van der Waals surface area contributed by atoms with Crippen LogP contribution in [0.4, 0.5) is 5.00 Å². The van der Waals surface area contributed by atoms with Gasteiger partial charge in [0.25, 0.3) is 5.91 Å². The van der Waals surface area contributed by atoms with Gasteiger partial charge in [-0.05, 0) is 29.3 Å². The molecule has 0 aromatic carbocycles. The van der Waals surface area contributed by atoms with Gasteiger partial charge >= 0.3 is 0 Å². The molecule has 0 unspecified atom stereocenters. The molecular weight excluding hydrogens is 328 g/mol.